The van der Waals surface area contributed by atoms with Crippen LogP contribution in [0.15, 0.2) is 173 Å². The molecule has 4 heterocycles. The quantitative estimate of drug-likeness (QED) is 0.128. The Morgan fingerprint density at radius 2 is 1.21 bits per heavy atom. The van der Waals surface area contributed by atoms with Gasteiger partial charge in [0.15, 0.2) is 11.7 Å². The van der Waals surface area contributed by atoms with Crippen molar-refractivity contribution in [1.82, 2.24) is 18.7 Å². The number of amidine groups is 2. The molecule has 7 nitrogen and oxygen atoms in total. The van der Waals surface area contributed by atoms with Gasteiger partial charge >= 0.3 is 0 Å². The number of imidazole rings is 1. The molecule has 0 amide bonds. The number of fused-ring (bicyclic) bond motifs is 11. The molecular formula is C51H39N7. The van der Waals surface area contributed by atoms with Gasteiger partial charge in [0.2, 0.25) is 0 Å². The van der Waals surface area contributed by atoms with Crippen LogP contribution in [0.4, 0.5) is 0 Å². The van der Waals surface area contributed by atoms with Crippen LogP contribution in [0.5, 0.6) is 0 Å². The topological polar surface area (TPSA) is 64.8 Å². The summed E-state index contributed by atoms with van der Waals surface area (Å²) in [5.74, 6) is 2.20. The largest absolute Gasteiger partial charge is 0.344 e. The van der Waals surface area contributed by atoms with Crippen LogP contribution in [-0.2, 0) is 19.1 Å². The highest BCUT2D eigenvalue weighted by molar-refractivity contribution is 6.18. The van der Waals surface area contributed by atoms with Crippen LogP contribution in [0.25, 0.3) is 71.5 Å². The minimum Gasteiger partial charge on any atom is -0.344 e. The number of aromatic nitrogens is 4. The molecule has 0 saturated heterocycles. The third-order valence-electron chi connectivity index (χ3n) is 12.1. The summed E-state index contributed by atoms with van der Waals surface area (Å²) in [7, 11) is 2.16. The molecule has 0 bridgehead atoms. The molecule has 7 heteroatoms. The van der Waals surface area contributed by atoms with E-state index in [0.29, 0.717) is 18.3 Å². The zero-order chi connectivity index (χ0) is 39.1. The summed E-state index contributed by atoms with van der Waals surface area (Å²) < 4.78 is 6.96. The lowest BCUT2D eigenvalue weighted by molar-refractivity contribution is 0.621. The van der Waals surface area contributed by atoms with Gasteiger partial charge in [-0.2, -0.15) is 0 Å². The molecule has 0 saturated carbocycles. The second-order valence-corrected chi connectivity index (χ2v) is 15.7. The fraction of sp³-hybridized carbons (Fsp3) is 0.0980. The monoisotopic (exact) mass is 749 g/mol. The molecule has 11 rings (SSSR count). The molecule has 10 aromatic rings. The van der Waals surface area contributed by atoms with E-state index < -0.39 is 0 Å². The SMILES string of the molecule is C=NC(=NC(=NCn1c2ccc(-c3ccc4c(c3)nc3n4-c4ccccc4C3(C)C)cc2c2cc3c(cc21)c1ccccc1n3C)c1ccccc1)c1ccccc1. The molecule has 1 aliphatic rings. The van der Waals surface area contributed by atoms with Gasteiger partial charge in [0, 0.05) is 50.8 Å². The first kappa shape index (κ1) is 33.9. The fourth-order valence-electron chi connectivity index (χ4n) is 9.12. The van der Waals surface area contributed by atoms with Gasteiger partial charge in [-0.25, -0.2) is 20.0 Å². The van der Waals surface area contributed by atoms with E-state index in [1.165, 1.54) is 43.8 Å². The van der Waals surface area contributed by atoms with Gasteiger partial charge in [-0.3, -0.25) is 4.57 Å². The number of nitrogens with zero attached hydrogens (tertiary/aromatic N) is 7. The fourth-order valence-corrected chi connectivity index (χ4v) is 9.12. The lowest BCUT2D eigenvalue weighted by atomic mass is 9.86. The molecule has 3 aromatic heterocycles. The van der Waals surface area contributed by atoms with Crippen LogP contribution in [0, 0.1) is 0 Å². The van der Waals surface area contributed by atoms with Gasteiger partial charge in [0.05, 0.1) is 33.2 Å². The summed E-state index contributed by atoms with van der Waals surface area (Å²) in [4.78, 5) is 19.9. The molecule has 1 aliphatic heterocycles. The lowest BCUT2D eigenvalue weighted by Gasteiger charge is -2.17. The van der Waals surface area contributed by atoms with E-state index in [2.05, 4.69) is 143 Å². The molecule has 0 fully saturated rings. The van der Waals surface area contributed by atoms with E-state index in [0.717, 1.165) is 50.1 Å². The Hall–Kier alpha value is -7.38. The van der Waals surface area contributed by atoms with E-state index >= 15 is 0 Å². The first-order valence-corrected chi connectivity index (χ1v) is 19.7. The Labute approximate surface area is 335 Å². The van der Waals surface area contributed by atoms with Crippen molar-refractivity contribution in [3.05, 3.63) is 180 Å². The molecule has 58 heavy (non-hydrogen) atoms. The van der Waals surface area contributed by atoms with Gasteiger partial charge in [-0.15, -0.1) is 0 Å². The van der Waals surface area contributed by atoms with Crippen LogP contribution in [0.1, 0.15) is 36.4 Å². The van der Waals surface area contributed by atoms with Crippen molar-refractivity contribution in [3.63, 3.8) is 0 Å². The van der Waals surface area contributed by atoms with Crippen molar-refractivity contribution in [2.45, 2.75) is 25.9 Å². The molecule has 0 atom stereocenters. The molecule has 278 valence electrons. The molecule has 0 unspecified atom stereocenters. The summed E-state index contributed by atoms with van der Waals surface area (Å²) in [6.45, 7) is 8.75. The molecule has 0 spiro atoms. The van der Waals surface area contributed by atoms with Gasteiger partial charge in [-0.05, 0) is 85.8 Å². The summed E-state index contributed by atoms with van der Waals surface area (Å²) in [5, 5.41) is 4.78. The van der Waals surface area contributed by atoms with Gasteiger partial charge in [0.25, 0.3) is 0 Å². The highest BCUT2D eigenvalue weighted by Crippen LogP contribution is 2.45. The molecular weight excluding hydrogens is 711 g/mol. The number of para-hydroxylation sites is 2. The van der Waals surface area contributed by atoms with Crippen molar-refractivity contribution in [3.8, 4) is 16.8 Å². The van der Waals surface area contributed by atoms with Crippen LogP contribution < -0.4 is 0 Å². The van der Waals surface area contributed by atoms with Crippen molar-refractivity contribution >= 4 is 73.0 Å². The minimum atomic E-state index is -0.178. The first-order chi connectivity index (χ1) is 28.4. The number of aryl methyl sites for hydroxylation is 1. The number of hydrogen-bond acceptors (Lipinski definition) is 2. The Balaban J connectivity index is 1.10. The van der Waals surface area contributed by atoms with E-state index in [9.17, 15) is 0 Å². The maximum absolute atomic E-state index is 5.26. The Kier molecular flexibility index (Phi) is 7.50. The zero-order valence-corrected chi connectivity index (χ0v) is 32.6. The van der Waals surface area contributed by atoms with Crippen LogP contribution >= 0.6 is 0 Å². The second kappa shape index (κ2) is 12.8. The van der Waals surface area contributed by atoms with Gasteiger partial charge in [0.1, 0.15) is 12.5 Å². The van der Waals surface area contributed by atoms with E-state index in [1.807, 2.05) is 60.7 Å². The number of aliphatic imine (C=N–C) groups is 3. The molecule has 0 aliphatic carbocycles. The smallest absolute Gasteiger partial charge is 0.161 e. The maximum Gasteiger partial charge on any atom is 0.161 e. The summed E-state index contributed by atoms with van der Waals surface area (Å²) >= 11 is 0. The average Bonchev–Trinajstić information content (AvgIpc) is 3.96. The highest BCUT2D eigenvalue weighted by Gasteiger charge is 2.38. The summed E-state index contributed by atoms with van der Waals surface area (Å²) in [6.07, 6.45) is 0. The van der Waals surface area contributed by atoms with Crippen LogP contribution in [0.2, 0.25) is 0 Å². The van der Waals surface area contributed by atoms with E-state index in [4.69, 9.17) is 15.0 Å². The van der Waals surface area contributed by atoms with Crippen molar-refractivity contribution < 1.29 is 0 Å². The normalized spacial score (nSPS) is 13.9. The minimum absolute atomic E-state index is 0.178. The third-order valence-corrected chi connectivity index (χ3v) is 12.1. The number of hydrogen-bond donors (Lipinski definition) is 0. The lowest BCUT2D eigenvalue weighted by Crippen LogP contribution is -2.16. The molecule has 7 aromatic carbocycles. The second-order valence-electron chi connectivity index (χ2n) is 15.7. The van der Waals surface area contributed by atoms with Crippen LogP contribution in [-0.4, -0.2) is 37.1 Å². The number of benzene rings is 7. The first-order valence-electron chi connectivity index (χ1n) is 19.7. The summed E-state index contributed by atoms with van der Waals surface area (Å²) in [6, 6.07) is 55.5. The van der Waals surface area contributed by atoms with Crippen molar-refractivity contribution in [2.24, 2.45) is 22.0 Å². The summed E-state index contributed by atoms with van der Waals surface area (Å²) in [5.41, 5.74) is 13.2. The van der Waals surface area contributed by atoms with Crippen molar-refractivity contribution in [2.75, 3.05) is 0 Å². The zero-order valence-electron chi connectivity index (χ0n) is 32.6. The third kappa shape index (κ3) is 5.06. The van der Waals surface area contributed by atoms with Gasteiger partial charge < -0.3 is 9.13 Å². The Morgan fingerprint density at radius 1 is 0.586 bits per heavy atom. The Bertz CT molecular complexity index is 3360. The molecule has 0 N–H and O–H groups in total. The maximum atomic E-state index is 5.26. The molecule has 0 radical (unpaired) electrons. The van der Waals surface area contributed by atoms with Gasteiger partial charge in [-0.1, -0.05) is 109 Å². The predicted molar refractivity (Wildman–Crippen MR) is 241 cm³/mol. The Morgan fingerprint density at radius 3 is 1.98 bits per heavy atom. The van der Waals surface area contributed by atoms with Crippen LogP contribution in [0.3, 0.4) is 0 Å². The average molecular weight is 750 g/mol. The number of rotatable bonds is 5. The highest BCUT2D eigenvalue weighted by atomic mass is 15.1. The van der Waals surface area contributed by atoms with Crippen molar-refractivity contribution in [1.29, 1.82) is 0 Å². The predicted octanol–water partition coefficient (Wildman–Crippen LogP) is 11.6. The van der Waals surface area contributed by atoms with E-state index in [1.54, 1.807) is 0 Å². The van der Waals surface area contributed by atoms with E-state index in [-0.39, 0.29) is 5.41 Å². The standard InChI is InChI=1S/C51H39N7/c1-51(2)40-20-12-14-22-44(40)58-45-26-24-35(28-41(45)54-50(51)58)34-23-25-43-37(27-34)39-29-46-38(36-19-11-13-21-42(36)56(46)4)30-47(39)57(43)31-53-49(33-17-9-6-10-18-33)55-48(52-3)32-15-7-5-8-16-32/h5-30H,3,31H2,1-2,4H3.